The van der Waals surface area contributed by atoms with E-state index in [-0.39, 0.29) is 5.56 Å². The quantitative estimate of drug-likeness (QED) is 0.556. The molecule has 3 nitrogen and oxygen atoms in total. The Bertz CT molecular complexity index is 1070. The third kappa shape index (κ3) is 2.55. The van der Waals surface area contributed by atoms with Crippen LogP contribution < -0.4 is 5.56 Å². The van der Waals surface area contributed by atoms with Crippen LogP contribution in [0.1, 0.15) is 41.3 Å². The van der Waals surface area contributed by atoms with Gasteiger partial charge in [0.2, 0.25) is 0 Å². The largest absolute Gasteiger partial charge is 0.306 e. The third-order valence-electron chi connectivity index (χ3n) is 5.12. The zero-order chi connectivity index (χ0) is 18.1. The summed E-state index contributed by atoms with van der Waals surface area (Å²) in [6.45, 7) is 2.58. The molecule has 0 fully saturated rings. The van der Waals surface area contributed by atoms with E-state index in [1.165, 1.54) is 11.1 Å². The molecule has 0 atom stereocenters. The first kappa shape index (κ1) is 16.4. The number of pyridine rings is 1. The van der Waals surface area contributed by atoms with Crippen molar-refractivity contribution in [3.8, 4) is 17.2 Å². The van der Waals surface area contributed by atoms with Gasteiger partial charge in [-0.3, -0.25) is 4.79 Å². The SMILES string of the molecule is CCCc1c2c(n(Cc3ccccc3)c(=O)c1C#N)Cc1ccccc1-2. The molecule has 26 heavy (non-hydrogen) atoms. The van der Waals surface area contributed by atoms with E-state index >= 15 is 0 Å². The first-order valence-electron chi connectivity index (χ1n) is 9.05. The van der Waals surface area contributed by atoms with Crippen LogP contribution in [0.4, 0.5) is 0 Å². The van der Waals surface area contributed by atoms with Crippen LogP contribution in [0.2, 0.25) is 0 Å². The normalized spacial score (nSPS) is 11.7. The van der Waals surface area contributed by atoms with Gasteiger partial charge in [-0.2, -0.15) is 5.26 Å². The number of hydrogen-bond acceptors (Lipinski definition) is 2. The van der Waals surface area contributed by atoms with Crippen LogP contribution in [0, 0.1) is 11.3 Å². The topological polar surface area (TPSA) is 45.8 Å². The lowest BCUT2D eigenvalue weighted by Crippen LogP contribution is -2.28. The first-order chi connectivity index (χ1) is 12.7. The van der Waals surface area contributed by atoms with Gasteiger partial charge in [0.05, 0.1) is 6.54 Å². The number of rotatable bonds is 4. The van der Waals surface area contributed by atoms with E-state index in [9.17, 15) is 10.1 Å². The van der Waals surface area contributed by atoms with Gasteiger partial charge in [-0.1, -0.05) is 67.9 Å². The molecular weight excluding hydrogens is 320 g/mol. The van der Waals surface area contributed by atoms with E-state index in [0.29, 0.717) is 12.1 Å². The van der Waals surface area contributed by atoms with Crippen LogP contribution in [0.3, 0.4) is 0 Å². The molecule has 0 aliphatic heterocycles. The summed E-state index contributed by atoms with van der Waals surface area (Å²) in [6.07, 6.45) is 2.41. The minimum absolute atomic E-state index is 0.161. The second-order valence-corrected chi connectivity index (χ2v) is 6.75. The van der Waals surface area contributed by atoms with E-state index in [1.54, 1.807) is 0 Å². The summed E-state index contributed by atoms with van der Waals surface area (Å²) >= 11 is 0. The molecule has 2 aromatic carbocycles. The molecule has 3 aromatic rings. The maximum Gasteiger partial charge on any atom is 0.269 e. The highest BCUT2D eigenvalue weighted by Crippen LogP contribution is 2.39. The molecule has 1 aliphatic rings. The van der Waals surface area contributed by atoms with Gasteiger partial charge in [-0.05, 0) is 28.7 Å². The minimum atomic E-state index is -0.161. The molecular formula is C23H20N2O. The number of nitrogens with zero attached hydrogens (tertiary/aromatic N) is 2. The fourth-order valence-corrected chi connectivity index (χ4v) is 3.97. The van der Waals surface area contributed by atoms with Crippen molar-refractivity contribution in [1.82, 2.24) is 4.57 Å². The highest BCUT2D eigenvalue weighted by atomic mass is 16.1. The van der Waals surface area contributed by atoms with Crippen LogP contribution in [0.25, 0.3) is 11.1 Å². The maximum absolute atomic E-state index is 13.2. The molecule has 0 saturated carbocycles. The zero-order valence-corrected chi connectivity index (χ0v) is 14.8. The lowest BCUT2D eigenvalue weighted by molar-refractivity contribution is 0.713. The molecule has 0 amide bonds. The molecule has 0 saturated heterocycles. The van der Waals surface area contributed by atoms with Crippen LogP contribution in [0.5, 0.6) is 0 Å². The Morgan fingerprint density at radius 2 is 1.81 bits per heavy atom. The van der Waals surface area contributed by atoms with E-state index in [4.69, 9.17) is 0 Å². The van der Waals surface area contributed by atoms with Crippen molar-refractivity contribution in [2.45, 2.75) is 32.7 Å². The Labute approximate surface area is 153 Å². The highest BCUT2D eigenvalue weighted by molar-refractivity contribution is 5.80. The van der Waals surface area contributed by atoms with E-state index in [1.807, 2.05) is 47.0 Å². The molecule has 0 N–H and O–H groups in total. The maximum atomic E-state index is 13.2. The Hall–Kier alpha value is -3.12. The summed E-state index contributed by atoms with van der Waals surface area (Å²) in [7, 11) is 0. The molecule has 1 aliphatic carbocycles. The molecule has 1 aromatic heterocycles. The van der Waals surface area contributed by atoms with E-state index in [2.05, 4.69) is 25.1 Å². The van der Waals surface area contributed by atoms with Gasteiger partial charge in [-0.25, -0.2) is 0 Å². The Morgan fingerprint density at radius 1 is 1.08 bits per heavy atom. The predicted octanol–water partition coefficient (Wildman–Crippen LogP) is 4.29. The fraction of sp³-hybridized carbons (Fsp3) is 0.217. The third-order valence-corrected chi connectivity index (χ3v) is 5.12. The van der Waals surface area contributed by atoms with Crippen molar-refractivity contribution in [1.29, 1.82) is 5.26 Å². The Morgan fingerprint density at radius 3 is 2.54 bits per heavy atom. The molecule has 1 heterocycles. The van der Waals surface area contributed by atoms with Crippen molar-refractivity contribution < 1.29 is 0 Å². The molecule has 0 unspecified atom stereocenters. The molecule has 0 spiro atoms. The smallest absolute Gasteiger partial charge is 0.269 e. The standard InChI is InChI=1S/C23H20N2O/c1-2-8-19-20(14-24)23(26)25(15-16-9-4-3-5-10-16)21-13-17-11-6-7-12-18(17)22(19)21/h3-7,9-12H,2,8,13,15H2,1H3. The number of hydrogen-bond donors (Lipinski definition) is 0. The summed E-state index contributed by atoms with van der Waals surface area (Å²) in [5, 5.41) is 9.73. The van der Waals surface area contributed by atoms with Crippen LogP contribution in [0.15, 0.2) is 59.4 Å². The molecule has 3 heteroatoms. The predicted molar refractivity (Wildman–Crippen MR) is 103 cm³/mol. The van der Waals surface area contributed by atoms with Crippen molar-refractivity contribution in [2.75, 3.05) is 0 Å². The van der Waals surface area contributed by atoms with Crippen molar-refractivity contribution in [3.05, 3.63) is 92.9 Å². The second kappa shape index (κ2) is 6.65. The average Bonchev–Trinajstić information content (AvgIpc) is 3.05. The lowest BCUT2D eigenvalue weighted by Gasteiger charge is -2.17. The Balaban J connectivity index is 2.00. The van der Waals surface area contributed by atoms with Gasteiger partial charge in [0.1, 0.15) is 11.6 Å². The second-order valence-electron chi connectivity index (χ2n) is 6.75. The minimum Gasteiger partial charge on any atom is -0.306 e. The number of fused-ring (bicyclic) bond motifs is 3. The number of benzene rings is 2. The number of nitriles is 1. The Kier molecular flexibility index (Phi) is 4.18. The molecule has 0 bridgehead atoms. The highest BCUT2D eigenvalue weighted by Gasteiger charge is 2.28. The summed E-state index contributed by atoms with van der Waals surface area (Å²) in [6, 6.07) is 20.5. The fourth-order valence-electron chi connectivity index (χ4n) is 3.97. The van der Waals surface area contributed by atoms with Gasteiger partial charge < -0.3 is 4.57 Å². The molecule has 0 radical (unpaired) electrons. The van der Waals surface area contributed by atoms with Crippen LogP contribution in [-0.4, -0.2) is 4.57 Å². The summed E-state index contributed by atoms with van der Waals surface area (Å²) < 4.78 is 1.81. The van der Waals surface area contributed by atoms with Gasteiger partial charge in [0.25, 0.3) is 5.56 Å². The summed E-state index contributed by atoms with van der Waals surface area (Å²) in [4.78, 5) is 13.2. The zero-order valence-electron chi connectivity index (χ0n) is 14.8. The lowest BCUT2D eigenvalue weighted by atomic mass is 9.95. The van der Waals surface area contributed by atoms with Crippen LogP contribution in [-0.2, 0) is 19.4 Å². The van der Waals surface area contributed by atoms with Crippen LogP contribution >= 0.6 is 0 Å². The summed E-state index contributed by atoms with van der Waals surface area (Å²) in [5.41, 5.74) is 6.69. The first-order valence-corrected chi connectivity index (χ1v) is 9.05. The van der Waals surface area contributed by atoms with E-state index in [0.717, 1.165) is 41.6 Å². The van der Waals surface area contributed by atoms with E-state index < -0.39 is 0 Å². The molecule has 4 rings (SSSR count). The van der Waals surface area contributed by atoms with Gasteiger partial charge in [-0.15, -0.1) is 0 Å². The summed E-state index contributed by atoms with van der Waals surface area (Å²) in [5.74, 6) is 0. The van der Waals surface area contributed by atoms with Gasteiger partial charge in [0.15, 0.2) is 0 Å². The van der Waals surface area contributed by atoms with Gasteiger partial charge >= 0.3 is 0 Å². The number of aromatic nitrogens is 1. The van der Waals surface area contributed by atoms with Crippen molar-refractivity contribution >= 4 is 0 Å². The molecule has 128 valence electrons. The van der Waals surface area contributed by atoms with Crippen molar-refractivity contribution in [2.24, 2.45) is 0 Å². The van der Waals surface area contributed by atoms with Crippen molar-refractivity contribution in [3.63, 3.8) is 0 Å². The monoisotopic (exact) mass is 340 g/mol. The van der Waals surface area contributed by atoms with Gasteiger partial charge in [0, 0.05) is 17.7 Å². The average molecular weight is 340 g/mol.